The molecule has 59 valence electrons. The number of rotatable bonds is 2. The Balaban J connectivity index is 2.66. The fraction of sp³-hybridized carbons (Fsp3) is 0.333. The number of halogens is 1. The molecule has 0 aromatic heterocycles. The molecule has 1 radical (unpaired) electrons. The average molecular weight is 170 g/mol. The van der Waals surface area contributed by atoms with Gasteiger partial charge < -0.3 is 4.74 Å². The van der Waals surface area contributed by atoms with Crippen molar-refractivity contribution in [3.63, 3.8) is 0 Å². The fourth-order valence-electron chi connectivity index (χ4n) is 0.702. The van der Waals surface area contributed by atoms with E-state index in [2.05, 4.69) is 6.07 Å². The van der Waals surface area contributed by atoms with Gasteiger partial charge in [0.1, 0.15) is 5.75 Å². The number of alkyl halides is 1. The van der Waals surface area contributed by atoms with Gasteiger partial charge in [0.2, 0.25) is 0 Å². The topological polar surface area (TPSA) is 9.23 Å². The van der Waals surface area contributed by atoms with E-state index in [1.54, 1.807) is 19.9 Å². The monoisotopic (exact) mass is 169 g/mol. The van der Waals surface area contributed by atoms with Crippen molar-refractivity contribution in [1.29, 1.82) is 0 Å². The van der Waals surface area contributed by atoms with Crippen LogP contribution < -0.4 is 4.74 Å². The maximum Gasteiger partial charge on any atom is 0.177 e. The molecule has 0 spiro atoms. The molecule has 0 heterocycles. The van der Waals surface area contributed by atoms with Gasteiger partial charge in [0.25, 0.3) is 0 Å². The number of ether oxygens (including phenoxy) is 1. The maximum atomic E-state index is 5.83. The molecule has 2 heteroatoms. The second kappa shape index (κ2) is 3.14. The van der Waals surface area contributed by atoms with Gasteiger partial charge in [-0.25, -0.2) is 0 Å². The third kappa shape index (κ3) is 3.28. The summed E-state index contributed by atoms with van der Waals surface area (Å²) in [5.41, 5.74) is 0. The van der Waals surface area contributed by atoms with Crippen molar-refractivity contribution in [3.8, 4) is 5.75 Å². The molecule has 0 fully saturated rings. The van der Waals surface area contributed by atoms with E-state index in [-0.39, 0.29) is 0 Å². The average Bonchev–Trinajstić information content (AvgIpc) is 1.85. The van der Waals surface area contributed by atoms with Crippen LogP contribution in [0.15, 0.2) is 24.3 Å². The van der Waals surface area contributed by atoms with Crippen LogP contribution >= 0.6 is 11.6 Å². The number of hydrogen-bond acceptors (Lipinski definition) is 1. The van der Waals surface area contributed by atoms with E-state index < -0.39 is 5.06 Å². The first-order chi connectivity index (χ1) is 5.08. The van der Waals surface area contributed by atoms with Gasteiger partial charge in [-0.15, -0.1) is 0 Å². The van der Waals surface area contributed by atoms with Crippen LogP contribution in [0.5, 0.6) is 5.75 Å². The summed E-state index contributed by atoms with van der Waals surface area (Å²) in [6, 6.07) is 10.3. The minimum atomic E-state index is -0.655. The van der Waals surface area contributed by atoms with Gasteiger partial charge in [-0.05, 0) is 19.9 Å². The van der Waals surface area contributed by atoms with Gasteiger partial charge in [-0.2, -0.15) is 0 Å². The summed E-state index contributed by atoms with van der Waals surface area (Å²) in [5, 5.41) is -0.655. The quantitative estimate of drug-likeness (QED) is 0.619. The summed E-state index contributed by atoms with van der Waals surface area (Å²) < 4.78 is 5.31. The molecule has 1 aromatic carbocycles. The molecule has 11 heavy (non-hydrogen) atoms. The van der Waals surface area contributed by atoms with Crippen LogP contribution in [0, 0.1) is 6.07 Å². The first-order valence-electron chi connectivity index (χ1n) is 3.42. The van der Waals surface area contributed by atoms with E-state index in [0.717, 1.165) is 0 Å². The smallest absolute Gasteiger partial charge is 0.177 e. The Bertz CT molecular complexity index is 213. The Morgan fingerprint density at radius 3 is 2.64 bits per heavy atom. The molecule has 0 atom stereocenters. The lowest BCUT2D eigenvalue weighted by Crippen LogP contribution is -2.19. The van der Waals surface area contributed by atoms with Gasteiger partial charge in [0, 0.05) is 6.07 Å². The molecule has 0 aliphatic heterocycles. The van der Waals surface area contributed by atoms with E-state index in [1.165, 1.54) is 0 Å². The Hall–Kier alpha value is -0.690. The van der Waals surface area contributed by atoms with E-state index >= 15 is 0 Å². The molecule has 1 rings (SSSR count). The molecule has 0 N–H and O–H groups in total. The Labute approximate surface area is 71.9 Å². The zero-order valence-electron chi connectivity index (χ0n) is 6.60. The van der Waals surface area contributed by atoms with Crippen molar-refractivity contribution >= 4 is 11.6 Å². The van der Waals surface area contributed by atoms with Gasteiger partial charge in [-0.1, -0.05) is 29.8 Å². The zero-order chi connectivity index (χ0) is 8.32. The van der Waals surface area contributed by atoms with Crippen LogP contribution in [-0.4, -0.2) is 5.06 Å². The van der Waals surface area contributed by atoms with Crippen molar-refractivity contribution in [1.82, 2.24) is 0 Å². The van der Waals surface area contributed by atoms with Crippen LogP contribution in [0.4, 0.5) is 0 Å². The molecule has 1 nitrogen and oxygen atoms in total. The van der Waals surface area contributed by atoms with Crippen LogP contribution in [0.25, 0.3) is 0 Å². The Kier molecular flexibility index (Phi) is 2.40. The van der Waals surface area contributed by atoms with Crippen molar-refractivity contribution < 1.29 is 4.74 Å². The highest BCUT2D eigenvalue weighted by Gasteiger charge is 2.13. The second-order valence-corrected chi connectivity index (χ2v) is 3.60. The highest BCUT2D eigenvalue weighted by Crippen LogP contribution is 2.19. The summed E-state index contributed by atoms with van der Waals surface area (Å²) in [6.07, 6.45) is 0. The lowest BCUT2D eigenvalue weighted by molar-refractivity contribution is 0.198. The minimum Gasteiger partial charge on any atom is -0.472 e. The van der Waals surface area contributed by atoms with Crippen molar-refractivity contribution in [2.45, 2.75) is 18.9 Å². The van der Waals surface area contributed by atoms with Crippen LogP contribution in [0.3, 0.4) is 0 Å². The van der Waals surface area contributed by atoms with Gasteiger partial charge >= 0.3 is 0 Å². The normalized spacial score (nSPS) is 11.2. The molecule has 0 bridgehead atoms. The molecule has 0 saturated carbocycles. The standard InChI is InChI=1S/C9H10ClO/c1-9(2,10)11-8-6-4-3-5-7-8/h3-6H,1-2H3. The second-order valence-electron chi connectivity index (χ2n) is 2.69. The molecule has 0 amide bonds. The molecule has 0 aliphatic rings. The van der Waals surface area contributed by atoms with Crippen LogP contribution in [-0.2, 0) is 0 Å². The number of benzene rings is 1. The third-order valence-electron chi connectivity index (χ3n) is 1.03. The first-order valence-corrected chi connectivity index (χ1v) is 3.80. The summed E-state index contributed by atoms with van der Waals surface area (Å²) >= 11 is 5.83. The van der Waals surface area contributed by atoms with Gasteiger partial charge in [0.05, 0.1) is 0 Å². The summed E-state index contributed by atoms with van der Waals surface area (Å²) in [4.78, 5) is 0. The molecule has 0 aliphatic carbocycles. The van der Waals surface area contributed by atoms with Crippen molar-refractivity contribution in [2.75, 3.05) is 0 Å². The summed E-state index contributed by atoms with van der Waals surface area (Å²) in [5.74, 6) is 0.674. The van der Waals surface area contributed by atoms with Crippen molar-refractivity contribution in [2.24, 2.45) is 0 Å². The van der Waals surface area contributed by atoms with Gasteiger partial charge in [-0.3, -0.25) is 0 Å². The van der Waals surface area contributed by atoms with Crippen LogP contribution in [0.2, 0.25) is 0 Å². The van der Waals surface area contributed by atoms with Gasteiger partial charge in [0.15, 0.2) is 5.06 Å². The molecular weight excluding hydrogens is 160 g/mol. The fourth-order valence-corrected chi connectivity index (χ4v) is 0.785. The molecular formula is C9H10ClO. The number of hydrogen-bond donors (Lipinski definition) is 0. The van der Waals surface area contributed by atoms with Crippen molar-refractivity contribution in [3.05, 3.63) is 30.3 Å². The summed E-state index contributed by atoms with van der Waals surface area (Å²) in [6.45, 7) is 3.57. The van der Waals surface area contributed by atoms with E-state index in [9.17, 15) is 0 Å². The Morgan fingerprint density at radius 1 is 1.45 bits per heavy atom. The Morgan fingerprint density at radius 2 is 2.18 bits per heavy atom. The van der Waals surface area contributed by atoms with E-state index in [4.69, 9.17) is 16.3 Å². The zero-order valence-corrected chi connectivity index (χ0v) is 7.35. The molecule has 0 saturated heterocycles. The predicted molar refractivity (Wildman–Crippen MR) is 45.8 cm³/mol. The van der Waals surface area contributed by atoms with E-state index in [0.29, 0.717) is 5.75 Å². The highest BCUT2D eigenvalue weighted by molar-refractivity contribution is 6.22. The molecule has 1 aromatic rings. The lowest BCUT2D eigenvalue weighted by Gasteiger charge is -2.17. The number of para-hydroxylation sites is 1. The third-order valence-corrected chi connectivity index (χ3v) is 1.11. The SMILES string of the molecule is CC(C)(Cl)Oc1[c]cccc1. The molecule has 0 unspecified atom stereocenters. The highest BCUT2D eigenvalue weighted by atomic mass is 35.5. The van der Waals surface area contributed by atoms with E-state index in [1.807, 2.05) is 18.2 Å². The lowest BCUT2D eigenvalue weighted by atomic mass is 10.3. The summed E-state index contributed by atoms with van der Waals surface area (Å²) in [7, 11) is 0. The first kappa shape index (κ1) is 8.41. The minimum absolute atomic E-state index is 0.655. The predicted octanol–water partition coefficient (Wildman–Crippen LogP) is 2.84. The van der Waals surface area contributed by atoms with Crippen LogP contribution in [0.1, 0.15) is 13.8 Å². The maximum absolute atomic E-state index is 5.83. The largest absolute Gasteiger partial charge is 0.472 e.